The Balaban J connectivity index is 3.33. The van der Waals surface area contributed by atoms with Crippen LogP contribution in [0.3, 0.4) is 0 Å². The van der Waals surface area contributed by atoms with Crippen molar-refractivity contribution in [1.29, 1.82) is 0 Å². The Bertz CT molecular complexity index is 801. The number of phenols is 1. The van der Waals surface area contributed by atoms with Gasteiger partial charge in [0.2, 0.25) is 11.8 Å². The molecule has 0 aliphatic carbocycles. The van der Waals surface area contributed by atoms with Crippen molar-refractivity contribution in [1.82, 2.24) is 15.5 Å². The molecule has 2 unspecified atom stereocenters. The number of phenolic OH excluding ortho intramolecular Hbond substituents is 1. The molecule has 8 heteroatoms. The van der Waals surface area contributed by atoms with Crippen molar-refractivity contribution in [2.75, 3.05) is 6.54 Å². The fraction of sp³-hybridized carbons (Fsp3) is 0.640. The monoisotopic (exact) mass is 463 g/mol. The SMILES string of the molecule is CC(C)CCC(C)N(C(=O)CNC(=O)OC(C)(C)C)C(C(=O)NC(C)C)c1ccccc1O. The van der Waals surface area contributed by atoms with E-state index in [1.165, 1.54) is 11.0 Å². The maximum absolute atomic E-state index is 13.4. The normalized spacial score (nSPS) is 13.4. The van der Waals surface area contributed by atoms with E-state index in [2.05, 4.69) is 24.5 Å². The van der Waals surface area contributed by atoms with Gasteiger partial charge in [-0.1, -0.05) is 32.0 Å². The summed E-state index contributed by atoms with van der Waals surface area (Å²) in [6.45, 7) is 14.6. The van der Waals surface area contributed by atoms with Gasteiger partial charge < -0.3 is 25.4 Å². The van der Waals surface area contributed by atoms with Gasteiger partial charge in [0.25, 0.3) is 0 Å². The number of carbonyl (C=O) groups is 3. The van der Waals surface area contributed by atoms with Crippen molar-refractivity contribution in [2.45, 2.75) is 92.0 Å². The second kappa shape index (κ2) is 12.5. The van der Waals surface area contributed by atoms with Crippen molar-refractivity contribution < 1.29 is 24.2 Å². The van der Waals surface area contributed by atoms with Crippen LogP contribution in [-0.4, -0.2) is 52.1 Å². The fourth-order valence-electron chi connectivity index (χ4n) is 3.41. The maximum atomic E-state index is 13.4. The average Bonchev–Trinajstić information content (AvgIpc) is 2.67. The molecule has 0 aliphatic rings. The molecule has 3 amide bonds. The number of benzene rings is 1. The number of aromatic hydroxyl groups is 1. The Hall–Kier alpha value is -2.77. The third-order valence-electron chi connectivity index (χ3n) is 4.90. The third-order valence-corrected chi connectivity index (χ3v) is 4.90. The summed E-state index contributed by atoms with van der Waals surface area (Å²) in [6.07, 6.45) is 0.801. The lowest BCUT2D eigenvalue weighted by Gasteiger charge is -2.37. The van der Waals surface area contributed by atoms with Gasteiger partial charge in [0.1, 0.15) is 23.9 Å². The zero-order valence-corrected chi connectivity index (χ0v) is 21.3. The number of hydrogen-bond donors (Lipinski definition) is 3. The summed E-state index contributed by atoms with van der Waals surface area (Å²) in [5.74, 6) is -0.495. The Morgan fingerprint density at radius 2 is 1.64 bits per heavy atom. The molecule has 0 bridgehead atoms. The number of rotatable bonds is 10. The zero-order chi connectivity index (χ0) is 25.3. The largest absolute Gasteiger partial charge is 0.508 e. The van der Waals surface area contributed by atoms with Gasteiger partial charge in [0.15, 0.2) is 0 Å². The number of alkyl carbamates (subject to hydrolysis) is 1. The van der Waals surface area contributed by atoms with Gasteiger partial charge >= 0.3 is 6.09 Å². The molecule has 0 heterocycles. The molecule has 0 fully saturated rings. The topological polar surface area (TPSA) is 108 Å². The van der Waals surface area contributed by atoms with Gasteiger partial charge in [0, 0.05) is 17.6 Å². The van der Waals surface area contributed by atoms with E-state index in [-0.39, 0.29) is 24.4 Å². The first-order chi connectivity index (χ1) is 15.2. The second-order valence-corrected chi connectivity index (χ2v) is 10.1. The lowest BCUT2D eigenvalue weighted by Crippen LogP contribution is -2.52. The van der Waals surface area contributed by atoms with Gasteiger partial charge in [-0.15, -0.1) is 0 Å². The highest BCUT2D eigenvalue weighted by Crippen LogP contribution is 2.32. The summed E-state index contributed by atoms with van der Waals surface area (Å²) in [5.41, 5.74) is -0.370. The molecular weight excluding hydrogens is 422 g/mol. The minimum absolute atomic E-state index is 0.0737. The van der Waals surface area contributed by atoms with Crippen LogP contribution in [0.15, 0.2) is 24.3 Å². The Morgan fingerprint density at radius 3 is 2.15 bits per heavy atom. The van der Waals surface area contributed by atoms with E-state index in [0.717, 1.165) is 6.42 Å². The van der Waals surface area contributed by atoms with Crippen LogP contribution in [0.4, 0.5) is 4.79 Å². The standard InChI is InChI=1S/C25H41N3O5/c1-16(2)13-14-18(5)28(21(30)15-26-24(32)33-25(6,7)8)22(23(31)27-17(3)4)19-11-9-10-12-20(19)29/h9-12,16-18,22,29H,13-15H2,1-8H3,(H,26,32)(H,27,31). The molecule has 2 atom stereocenters. The summed E-state index contributed by atoms with van der Waals surface area (Å²) >= 11 is 0. The highest BCUT2D eigenvalue weighted by molar-refractivity contribution is 5.91. The molecule has 1 aromatic rings. The predicted octanol–water partition coefficient (Wildman–Crippen LogP) is 4.14. The number of amides is 3. The van der Waals surface area contributed by atoms with Crippen LogP contribution in [-0.2, 0) is 14.3 Å². The first-order valence-electron chi connectivity index (χ1n) is 11.6. The molecule has 0 aromatic heterocycles. The van der Waals surface area contributed by atoms with Crippen LogP contribution in [0.5, 0.6) is 5.75 Å². The van der Waals surface area contributed by atoms with Crippen LogP contribution in [0.2, 0.25) is 0 Å². The summed E-state index contributed by atoms with van der Waals surface area (Å²) in [7, 11) is 0. The minimum atomic E-state index is -1.05. The Kier molecular flexibility index (Phi) is 10.7. The molecule has 1 rings (SSSR count). The number of carbonyl (C=O) groups excluding carboxylic acids is 3. The molecule has 3 N–H and O–H groups in total. The zero-order valence-electron chi connectivity index (χ0n) is 21.3. The van der Waals surface area contributed by atoms with Crippen molar-refractivity contribution in [2.24, 2.45) is 5.92 Å². The van der Waals surface area contributed by atoms with Crippen molar-refractivity contribution in [3.05, 3.63) is 29.8 Å². The van der Waals surface area contributed by atoms with E-state index < -0.39 is 29.6 Å². The van der Waals surface area contributed by atoms with E-state index in [4.69, 9.17) is 4.74 Å². The van der Waals surface area contributed by atoms with E-state index >= 15 is 0 Å². The van der Waals surface area contributed by atoms with Gasteiger partial charge in [-0.25, -0.2) is 4.79 Å². The van der Waals surface area contributed by atoms with E-state index in [9.17, 15) is 19.5 Å². The molecule has 0 saturated heterocycles. The summed E-state index contributed by atoms with van der Waals surface area (Å²) in [4.78, 5) is 40.3. The van der Waals surface area contributed by atoms with E-state index in [1.54, 1.807) is 39.0 Å². The lowest BCUT2D eigenvalue weighted by atomic mass is 9.97. The van der Waals surface area contributed by atoms with Crippen LogP contribution in [0, 0.1) is 5.92 Å². The summed E-state index contributed by atoms with van der Waals surface area (Å²) in [6, 6.07) is 4.97. The number of nitrogens with zero attached hydrogens (tertiary/aromatic N) is 1. The molecule has 186 valence electrons. The smallest absolute Gasteiger partial charge is 0.408 e. The van der Waals surface area contributed by atoms with Crippen molar-refractivity contribution in [3.8, 4) is 5.75 Å². The summed E-state index contributed by atoms with van der Waals surface area (Å²) in [5, 5.41) is 15.9. The highest BCUT2D eigenvalue weighted by Gasteiger charge is 2.36. The van der Waals surface area contributed by atoms with Crippen molar-refractivity contribution in [3.63, 3.8) is 0 Å². The number of para-hydroxylation sites is 1. The highest BCUT2D eigenvalue weighted by atomic mass is 16.6. The number of nitrogens with one attached hydrogen (secondary N) is 2. The molecule has 8 nitrogen and oxygen atoms in total. The van der Waals surface area contributed by atoms with E-state index in [0.29, 0.717) is 17.9 Å². The molecular formula is C25H41N3O5. The van der Waals surface area contributed by atoms with Crippen molar-refractivity contribution >= 4 is 17.9 Å². The van der Waals surface area contributed by atoms with Crippen LogP contribution in [0.25, 0.3) is 0 Å². The third kappa shape index (κ3) is 9.72. The van der Waals surface area contributed by atoms with Gasteiger partial charge in [-0.05, 0) is 66.4 Å². The van der Waals surface area contributed by atoms with Crippen LogP contribution >= 0.6 is 0 Å². The van der Waals surface area contributed by atoms with Crippen LogP contribution in [0.1, 0.15) is 79.8 Å². The molecule has 0 aliphatic heterocycles. The second-order valence-electron chi connectivity index (χ2n) is 10.1. The van der Waals surface area contributed by atoms with E-state index in [1.807, 2.05) is 20.8 Å². The molecule has 0 saturated carbocycles. The number of hydrogen-bond acceptors (Lipinski definition) is 5. The average molecular weight is 464 g/mol. The van der Waals surface area contributed by atoms with Gasteiger partial charge in [-0.3, -0.25) is 9.59 Å². The molecule has 1 aromatic carbocycles. The Labute approximate surface area is 198 Å². The summed E-state index contributed by atoms with van der Waals surface area (Å²) < 4.78 is 5.23. The lowest BCUT2D eigenvalue weighted by molar-refractivity contribution is -0.143. The Morgan fingerprint density at radius 1 is 1.03 bits per heavy atom. The molecule has 0 spiro atoms. The van der Waals surface area contributed by atoms with Gasteiger partial charge in [0.05, 0.1) is 0 Å². The molecule has 0 radical (unpaired) electrons. The first kappa shape index (κ1) is 28.3. The fourth-order valence-corrected chi connectivity index (χ4v) is 3.41. The van der Waals surface area contributed by atoms with Crippen LogP contribution < -0.4 is 10.6 Å². The molecule has 33 heavy (non-hydrogen) atoms. The quantitative estimate of drug-likeness (QED) is 0.483. The maximum Gasteiger partial charge on any atom is 0.408 e. The minimum Gasteiger partial charge on any atom is -0.508 e. The van der Waals surface area contributed by atoms with Gasteiger partial charge in [-0.2, -0.15) is 0 Å². The first-order valence-corrected chi connectivity index (χ1v) is 11.6. The number of ether oxygens (including phenoxy) is 1. The predicted molar refractivity (Wildman–Crippen MR) is 129 cm³/mol.